The van der Waals surface area contributed by atoms with Crippen molar-refractivity contribution in [3.8, 4) is 22.5 Å². The third-order valence-corrected chi connectivity index (χ3v) is 5.98. The second-order valence-electron chi connectivity index (χ2n) is 7.48. The second kappa shape index (κ2) is 8.27. The first-order valence-electron chi connectivity index (χ1n) is 10.6. The van der Waals surface area contributed by atoms with Crippen molar-refractivity contribution in [3.63, 3.8) is 0 Å². The van der Waals surface area contributed by atoms with Crippen molar-refractivity contribution < 1.29 is 0 Å². The van der Waals surface area contributed by atoms with Gasteiger partial charge < -0.3 is 4.90 Å². The molecule has 0 N–H and O–H groups in total. The monoisotopic (exact) mass is 374 g/mol. The number of aromatic nitrogens is 3. The molecule has 4 rings (SSSR count). The average molecular weight is 375 g/mol. The van der Waals surface area contributed by atoms with Crippen molar-refractivity contribution in [3.05, 3.63) is 59.7 Å². The molecule has 28 heavy (non-hydrogen) atoms. The van der Waals surface area contributed by atoms with Crippen molar-refractivity contribution in [2.75, 3.05) is 19.6 Å². The maximum absolute atomic E-state index is 4.84. The molecule has 0 aliphatic heterocycles. The predicted octanol–water partition coefficient (Wildman–Crippen LogP) is 5.20. The average Bonchev–Trinajstić information content (AvgIpc) is 3.14. The summed E-state index contributed by atoms with van der Waals surface area (Å²) in [7, 11) is 0. The van der Waals surface area contributed by atoms with Gasteiger partial charge in [-0.3, -0.25) is 0 Å². The lowest BCUT2D eigenvalue weighted by atomic mass is 9.84. The molecule has 1 heterocycles. The molecule has 0 bridgehead atoms. The minimum Gasteiger partial charge on any atom is -0.304 e. The van der Waals surface area contributed by atoms with Crippen LogP contribution in [0.5, 0.6) is 0 Å². The third-order valence-electron chi connectivity index (χ3n) is 5.98. The SMILES string of the molecule is CCN(CC)CCCC1c2ccccc2-c2nn(CC)nc2-c2ccccc21. The van der Waals surface area contributed by atoms with Crippen LogP contribution >= 0.6 is 0 Å². The predicted molar refractivity (Wildman–Crippen MR) is 115 cm³/mol. The highest BCUT2D eigenvalue weighted by molar-refractivity contribution is 5.84. The molecule has 0 amide bonds. The number of hydrogen-bond donors (Lipinski definition) is 0. The molecule has 0 atom stereocenters. The van der Waals surface area contributed by atoms with E-state index >= 15 is 0 Å². The Morgan fingerprint density at radius 3 is 1.86 bits per heavy atom. The van der Waals surface area contributed by atoms with Gasteiger partial charge in [0.05, 0.1) is 6.54 Å². The maximum atomic E-state index is 4.84. The molecule has 146 valence electrons. The van der Waals surface area contributed by atoms with Gasteiger partial charge in [-0.25, -0.2) is 0 Å². The number of nitrogens with zero attached hydrogens (tertiary/aromatic N) is 4. The zero-order valence-corrected chi connectivity index (χ0v) is 17.2. The summed E-state index contributed by atoms with van der Waals surface area (Å²) < 4.78 is 0. The van der Waals surface area contributed by atoms with E-state index in [1.165, 1.54) is 28.7 Å². The van der Waals surface area contributed by atoms with Crippen LogP contribution in [0.15, 0.2) is 48.5 Å². The van der Waals surface area contributed by atoms with Gasteiger partial charge in [-0.05, 0) is 50.5 Å². The van der Waals surface area contributed by atoms with E-state index in [2.05, 4.69) is 74.2 Å². The van der Waals surface area contributed by atoms with E-state index in [0.29, 0.717) is 5.92 Å². The third kappa shape index (κ3) is 3.37. The van der Waals surface area contributed by atoms with E-state index in [9.17, 15) is 0 Å². The minimum absolute atomic E-state index is 0.383. The van der Waals surface area contributed by atoms with Crippen LogP contribution in [0.1, 0.15) is 50.7 Å². The number of benzene rings is 2. The van der Waals surface area contributed by atoms with E-state index in [4.69, 9.17) is 10.2 Å². The van der Waals surface area contributed by atoms with Crippen LogP contribution in [-0.4, -0.2) is 39.5 Å². The largest absolute Gasteiger partial charge is 0.304 e. The molecule has 1 aromatic heterocycles. The molecule has 0 saturated carbocycles. The molecule has 3 aromatic rings. The van der Waals surface area contributed by atoms with Gasteiger partial charge in [-0.15, -0.1) is 0 Å². The van der Waals surface area contributed by atoms with Gasteiger partial charge in [-0.1, -0.05) is 62.4 Å². The fourth-order valence-electron chi connectivity index (χ4n) is 4.42. The summed E-state index contributed by atoms with van der Waals surface area (Å²) in [6.07, 6.45) is 2.33. The number of aryl methyl sites for hydroxylation is 1. The van der Waals surface area contributed by atoms with Crippen molar-refractivity contribution in [1.82, 2.24) is 19.9 Å². The molecule has 4 nitrogen and oxygen atoms in total. The Morgan fingerprint density at radius 2 is 1.36 bits per heavy atom. The van der Waals surface area contributed by atoms with Crippen molar-refractivity contribution in [2.45, 2.75) is 46.1 Å². The summed E-state index contributed by atoms with van der Waals surface area (Å²) in [4.78, 5) is 4.33. The Morgan fingerprint density at radius 1 is 0.821 bits per heavy atom. The molecular weight excluding hydrogens is 344 g/mol. The van der Waals surface area contributed by atoms with E-state index < -0.39 is 0 Å². The van der Waals surface area contributed by atoms with E-state index in [1.807, 2.05) is 4.80 Å². The fourth-order valence-corrected chi connectivity index (χ4v) is 4.42. The van der Waals surface area contributed by atoms with Gasteiger partial charge in [0.1, 0.15) is 11.4 Å². The molecule has 0 radical (unpaired) electrons. The number of fused-ring (bicyclic) bond motifs is 5. The standard InChI is InChI=1S/C24H30N4/c1-4-27(5-2)17-11-16-18-19-12-7-9-14-21(19)23-24(26-28(6-3)25-23)22-15-10-8-13-20(18)22/h7-10,12-15,18H,4-6,11,16-17H2,1-3H3. The number of hydrogen-bond acceptors (Lipinski definition) is 3. The van der Waals surface area contributed by atoms with Gasteiger partial charge in [0.2, 0.25) is 0 Å². The second-order valence-corrected chi connectivity index (χ2v) is 7.48. The summed E-state index contributed by atoms with van der Waals surface area (Å²) in [5.41, 5.74) is 7.29. The van der Waals surface area contributed by atoms with Crippen LogP contribution in [0.3, 0.4) is 0 Å². The first-order chi connectivity index (χ1) is 13.8. The van der Waals surface area contributed by atoms with Gasteiger partial charge in [0, 0.05) is 17.0 Å². The molecule has 0 spiro atoms. The molecule has 0 unspecified atom stereocenters. The van der Waals surface area contributed by atoms with Crippen LogP contribution in [0, 0.1) is 0 Å². The summed E-state index contributed by atoms with van der Waals surface area (Å²) in [6, 6.07) is 17.6. The first-order valence-corrected chi connectivity index (χ1v) is 10.6. The Hall–Kier alpha value is -2.46. The summed E-state index contributed by atoms with van der Waals surface area (Å²) in [5, 5.41) is 9.67. The highest BCUT2D eigenvalue weighted by Crippen LogP contribution is 2.45. The maximum Gasteiger partial charge on any atom is 0.121 e. The van der Waals surface area contributed by atoms with Crippen LogP contribution in [-0.2, 0) is 6.54 Å². The quantitative estimate of drug-likeness (QED) is 0.570. The van der Waals surface area contributed by atoms with Gasteiger partial charge >= 0.3 is 0 Å². The van der Waals surface area contributed by atoms with E-state index in [1.54, 1.807) is 0 Å². The van der Waals surface area contributed by atoms with Crippen LogP contribution in [0.25, 0.3) is 22.5 Å². The fraction of sp³-hybridized carbons (Fsp3) is 0.417. The molecule has 0 fully saturated rings. The van der Waals surface area contributed by atoms with Crippen molar-refractivity contribution >= 4 is 0 Å². The lowest BCUT2D eigenvalue weighted by molar-refractivity contribution is 0.295. The van der Waals surface area contributed by atoms with E-state index in [0.717, 1.165) is 44.0 Å². The molecule has 1 aliphatic carbocycles. The molecular formula is C24H30N4. The smallest absolute Gasteiger partial charge is 0.121 e. The Labute approximate surface area is 168 Å². The molecule has 0 saturated heterocycles. The van der Waals surface area contributed by atoms with Crippen molar-refractivity contribution in [2.24, 2.45) is 0 Å². The summed E-state index contributed by atoms with van der Waals surface area (Å²) >= 11 is 0. The Balaban J connectivity index is 1.79. The van der Waals surface area contributed by atoms with Gasteiger partial charge in [0.25, 0.3) is 0 Å². The Bertz CT molecular complexity index is 874. The van der Waals surface area contributed by atoms with Gasteiger partial charge in [-0.2, -0.15) is 15.0 Å². The normalized spacial score (nSPS) is 13.1. The number of rotatable bonds is 7. The zero-order valence-electron chi connectivity index (χ0n) is 17.2. The van der Waals surface area contributed by atoms with Gasteiger partial charge in [0.15, 0.2) is 0 Å². The molecule has 1 aliphatic rings. The van der Waals surface area contributed by atoms with Crippen LogP contribution in [0.2, 0.25) is 0 Å². The minimum atomic E-state index is 0.383. The zero-order chi connectivity index (χ0) is 19.5. The lowest BCUT2D eigenvalue weighted by Gasteiger charge is -2.23. The summed E-state index contributed by atoms with van der Waals surface area (Å²) in [5.74, 6) is 0.383. The van der Waals surface area contributed by atoms with Crippen LogP contribution < -0.4 is 0 Å². The molecule has 2 aromatic carbocycles. The first kappa shape index (κ1) is 18.9. The van der Waals surface area contributed by atoms with E-state index in [-0.39, 0.29) is 0 Å². The van der Waals surface area contributed by atoms with Crippen LogP contribution in [0.4, 0.5) is 0 Å². The highest BCUT2D eigenvalue weighted by atomic mass is 15.5. The topological polar surface area (TPSA) is 34.0 Å². The highest BCUT2D eigenvalue weighted by Gasteiger charge is 2.29. The molecule has 4 heteroatoms. The Kier molecular flexibility index (Phi) is 5.58. The summed E-state index contributed by atoms with van der Waals surface area (Å²) in [6.45, 7) is 10.8. The lowest BCUT2D eigenvalue weighted by Crippen LogP contribution is -2.24. The van der Waals surface area contributed by atoms with Crippen molar-refractivity contribution in [1.29, 1.82) is 0 Å².